The number of ether oxygens (including phenoxy) is 1. The number of hydrazine groups is 1. The molecule has 0 heterocycles. The lowest BCUT2D eigenvalue weighted by Crippen LogP contribution is -2.42. The molecular weight excluding hydrogens is 304 g/mol. The van der Waals surface area contributed by atoms with Crippen LogP contribution < -0.4 is 16.0 Å². The molecule has 1 aromatic rings. The largest absolute Gasteiger partial charge is 0.496 e. The van der Waals surface area contributed by atoms with Crippen LogP contribution in [0.1, 0.15) is 24.8 Å². The van der Waals surface area contributed by atoms with Crippen molar-refractivity contribution in [2.75, 3.05) is 7.11 Å². The number of halogens is 1. The molecule has 3 N–H and O–H groups in total. The molecule has 3 atom stereocenters. The summed E-state index contributed by atoms with van der Waals surface area (Å²) in [5, 5.41) is 0. The Morgan fingerprint density at radius 2 is 2.11 bits per heavy atom. The van der Waals surface area contributed by atoms with Gasteiger partial charge in [-0.3, -0.25) is 11.3 Å². The molecule has 19 heavy (non-hydrogen) atoms. The van der Waals surface area contributed by atoms with Crippen LogP contribution >= 0.6 is 15.9 Å². The van der Waals surface area contributed by atoms with Crippen molar-refractivity contribution in [3.8, 4) is 5.75 Å². The van der Waals surface area contributed by atoms with Crippen molar-refractivity contribution in [2.45, 2.75) is 31.7 Å². The summed E-state index contributed by atoms with van der Waals surface area (Å²) in [6.45, 7) is 0. The van der Waals surface area contributed by atoms with Crippen molar-refractivity contribution in [1.29, 1.82) is 0 Å². The Morgan fingerprint density at radius 3 is 2.68 bits per heavy atom. The van der Waals surface area contributed by atoms with Gasteiger partial charge in [0.2, 0.25) is 0 Å². The first kappa shape index (κ1) is 13.4. The molecule has 0 aliphatic heterocycles. The summed E-state index contributed by atoms with van der Waals surface area (Å²) in [6.07, 6.45) is 5.17. The van der Waals surface area contributed by atoms with E-state index in [1.807, 2.05) is 6.07 Å². The molecule has 0 amide bonds. The summed E-state index contributed by atoms with van der Waals surface area (Å²) in [4.78, 5) is 0. The van der Waals surface area contributed by atoms with Crippen LogP contribution in [0.4, 0.5) is 0 Å². The molecule has 2 aliphatic carbocycles. The number of hydrogen-bond donors (Lipinski definition) is 2. The number of fused-ring (bicyclic) bond motifs is 1. The first-order valence-corrected chi connectivity index (χ1v) is 7.79. The van der Waals surface area contributed by atoms with Crippen LogP contribution in [-0.4, -0.2) is 13.2 Å². The van der Waals surface area contributed by atoms with E-state index in [0.29, 0.717) is 6.04 Å². The first-order chi connectivity index (χ1) is 9.21. The zero-order valence-electron chi connectivity index (χ0n) is 11.2. The molecule has 0 bridgehead atoms. The highest BCUT2D eigenvalue weighted by molar-refractivity contribution is 9.10. The van der Waals surface area contributed by atoms with Crippen molar-refractivity contribution < 1.29 is 4.74 Å². The maximum Gasteiger partial charge on any atom is 0.133 e. The van der Waals surface area contributed by atoms with Crippen molar-refractivity contribution >= 4 is 15.9 Å². The molecule has 104 valence electrons. The van der Waals surface area contributed by atoms with Crippen molar-refractivity contribution in [3.05, 3.63) is 28.2 Å². The highest BCUT2D eigenvalue weighted by atomic mass is 79.9. The molecular formula is C15H21BrN2O. The Morgan fingerprint density at radius 1 is 1.37 bits per heavy atom. The lowest BCUT2D eigenvalue weighted by Gasteiger charge is -2.24. The summed E-state index contributed by atoms with van der Waals surface area (Å²) < 4.78 is 6.28. The van der Waals surface area contributed by atoms with E-state index in [1.165, 1.54) is 24.8 Å². The quantitative estimate of drug-likeness (QED) is 0.646. The van der Waals surface area contributed by atoms with Gasteiger partial charge in [-0.2, -0.15) is 0 Å². The van der Waals surface area contributed by atoms with E-state index in [9.17, 15) is 0 Å². The van der Waals surface area contributed by atoms with Crippen molar-refractivity contribution in [3.63, 3.8) is 0 Å². The van der Waals surface area contributed by atoms with Crippen LogP contribution in [0.3, 0.4) is 0 Å². The standard InChI is InChI=1S/C15H21BrN2O/c1-19-15-3-2-9(4-13(15)16)5-14(18-17)12-7-10-6-11(10)8-12/h2-4,10-12,14,18H,5-8,17H2,1H3. The summed E-state index contributed by atoms with van der Waals surface area (Å²) in [5.74, 6) is 9.40. The van der Waals surface area contributed by atoms with Gasteiger partial charge in [0.15, 0.2) is 0 Å². The fourth-order valence-electron chi connectivity index (χ4n) is 3.54. The van der Waals surface area contributed by atoms with Gasteiger partial charge < -0.3 is 4.74 Å². The Hall–Kier alpha value is -0.580. The van der Waals surface area contributed by atoms with E-state index in [4.69, 9.17) is 10.6 Å². The Balaban J connectivity index is 1.66. The number of hydrogen-bond acceptors (Lipinski definition) is 3. The van der Waals surface area contributed by atoms with E-state index in [1.54, 1.807) is 7.11 Å². The van der Waals surface area contributed by atoms with Crippen LogP contribution in [-0.2, 0) is 6.42 Å². The predicted molar refractivity (Wildman–Crippen MR) is 79.8 cm³/mol. The highest BCUT2D eigenvalue weighted by Crippen LogP contribution is 2.55. The van der Waals surface area contributed by atoms with Gasteiger partial charge in [0.25, 0.3) is 0 Å². The van der Waals surface area contributed by atoms with Gasteiger partial charge in [-0.1, -0.05) is 6.07 Å². The van der Waals surface area contributed by atoms with Crippen LogP contribution in [0, 0.1) is 17.8 Å². The minimum absolute atomic E-state index is 0.396. The molecule has 3 nitrogen and oxygen atoms in total. The third kappa shape index (κ3) is 2.81. The fourth-order valence-corrected chi connectivity index (χ4v) is 4.13. The minimum Gasteiger partial charge on any atom is -0.496 e. The zero-order chi connectivity index (χ0) is 13.4. The fraction of sp³-hybridized carbons (Fsp3) is 0.600. The summed E-state index contributed by atoms with van der Waals surface area (Å²) in [6, 6.07) is 6.68. The molecule has 0 spiro atoms. The number of nitrogens with one attached hydrogen (secondary N) is 1. The third-order valence-electron chi connectivity index (χ3n) is 4.73. The van der Waals surface area contributed by atoms with Crippen LogP contribution in [0.25, 0.3) is 0 Å². The number of rotatable bonds is 5. The molecule has 3 unspecified atom stereocenters. The monoisotopic (exact) mass is 324 g/mol. The van der Waals surface area contributed by atoms with E-state index >= 15 is 0 Å². The van der Waals surface area contributed by atoms with Crippen LogP contribution in [0.2, 0.25) is 0 Å². The Kier molecular flexibility index (Phi) is 3.83. The Bertz CT molecular complexity index is 455. The second-order valence-electron chi connectivity index (χ2n) is 5.93. The normalized spacial score (nSPS) is 29.9. The number of benzene rings is 1. The molecule has 1 aromatic carbocycles. The van der Waals surface area contributed by atoms with E-state index < -0.39 is 0 Å². The number of nitrogens with two attached hydrogens (primary N) is 1. The van der Waals surface area contributed by atoms with E-state index in [-0.39, 0.29) is 0 Å². The van der Waals surface area contributed by atoms with E-state index in [0.717, 1.165) is 34.4 Å². The second-order valence-corrected chi connectivity index (χ2v) is 6.79. The van der Waals surface area contributed by atoms with Gasteiger partial charge in [-0.05, 0) is 77.1 Å². The average Bonchev–Trinajstić information content (AvgIpc) is 3.03. The molecule has 4 heteroatoms. The van der Waals surface area contributed by atoms with E-state index in [2.05, 4.69) is 33.5 Å². The van der Waals surface area contributed by atoms with Gasteiger partial charge in [-0.25, -0.2) is 0 Å². The van der Waals surface area contributed by atoms with Gasteiger partial charge in [0, 0.05) is 6.04 Å². The summed E-state index contributed by atoms with van der Waals surface area (Å²) in [5.41, 5.74) is 4.34. The topological polar surface area (TPSA) is 47.3 Å². The van der Waals surface area contributed by atoms with Crippen LogP contribution in [0.5, 0.6) is 5.75 Å². The summed E-state index contributed by atoms with van der Waals surface area (Å²) >= 11 is 3.54. The molecule has 2 aliphatic rings. The maximum absolute atomic E-state index is 5.77. The van der Waals surface area contributed by atoms with Gasteiger partial charge in [-0.15, -0.1) is 0 Å². The minimum atomic E-state index is 0.396. The lowest BCUT2D eigenvalue weighted by atomic mass is 9.90. The SMILES string of the molecule is COc1ccc(CC(NN)C2CC3CC3C2)cc1Br. The average molecular weight is 325 g/mol. The van der Waals surface area contributed by atoms with Crippen molar-refractivity contribution in [2.24, 2.45) is 23.6 Å². The third-order valence-corrected chi connectivity index (χ3v) is 5.35. The van der Waals surface area contributed by atoms with Crippen LogP contribution in [0.15, 0.2) is 22.7 Å². The number of methoxy groups -OCH3 is 1. The predicted octanol–water partition coefficient (Wildman–Crippen LogP) is 2.88. The molecule has 0 saturated heterocycles. The van der Waals surface area contributed by atoms with Gasteiger partial charge >= 0.3 is 0 Å². The molecule has 3 rings (SSSR count). The molecule has 2 saturated carbocycles. The highest BCUT2D eigenvalue weighted by Gasteiger charge is 2.47. The molecule has 2 fully saturated rings. The Labute approximate surface area is 123 Å². The lowest BCUT2D eigenvalue weighted by molar-refractivity contribution is 0.335. The molecule has 0 radical (unpaired) electrons. The van der Waals surface area contributed by atoms with Crippen molar-refractivity contribution in [1.82, 2.24) is 5.43 Å². The van der Waals surface area contributed by atoms with Gasteiger partial charge in [0.1, 0.15) is 5.75 Å². The first-order valence-electron chi connectivity index (χ1n) is 6.99. The van der Waals surface area contributed by atoms with Gasteiger partial charge in [0.05, 0.1) is 11.6 Å². The molecule has 0 aromatic heterocycles. The zero-order valence-corrected chi connectivity index (χ0v) is 12.8. The second kappa shape index (κ2) is 5.43. The smallest absolute Gasteiger partial charge is 0.133 e. The summed E-state index contributed by atoms with van der Waals surface area (Å²) in [7, 11) is 1.69. The maximum atomic E-state index is 5.77.